The van der Waals surface area contributed by atoms with Crippen LogP contribution in [0.4, 0.5) is 0 Å². The zero-order valence-corrected chi connectivity index (χ0v) is 13.9. The maximum absolute atomic E-state index is 2.35. The quantitative estimate of drug-likeness (QED) is 0.427. The summed E-state index contributed by atoms with van der Waals surface area (Å²) in [5.74, 6) is 0. The molecule has 4 rings (SSSR count). The maximum Gasteiger partial charge on any atom is 0.212 e. The summed E-state index contributed by atoms with van der Waals surface area (Å²) in [5.41, 5.74) is 5.20. The third-order valence-corrected chi connectivity index (χ3v) is 5.41. The summed E-state index contributed by atoms with van der Waals surface area (Å²) in [6.07, 6.45) is 2.18. The summed E-state index contributed by atoms with van der Waals surface area (Å²) in [7, 11) is 2.12. The van der Waals surface area contributed by atoms with E-state index in [1.165, 1.54) is 42.6 Å². The average molecular weight is 304 g/mol. The molecule has 0 saturated carbocycles. The van der Waals surface area contributed by atoms with Crippen molar-refractivity contribution in [3.05, 3.63) is 65.9 Å². The largest absolute Gasteiger partial charge is 0.212 e. The minimum absolute atomic E-state index is 1.27. The molecule has 0 atom stereocenters. The average Bonchev–Trinajstić information content (AvgIpc) is 2.85. The van der Waals surface area contributed by atoms with Crippen LogP contribution in [0.5, 0.6) is 0 Å². The van der Waals surface area contributed by atoms with Crippen molar-refractivity contribution in [2.45, 2.75) is 13.8 Å². The SMILES string of the molecule is Cc1ccc(-c2cc3sc4ccccc4c3cc2C)[n+](C)c1. The standard InChI is InChI=1S/C20H18NS/c1-13-8-9-18(21(3)12-13)16-11-20-17(10-14(16)2)15-6-4-5-7-19(15)22-20/h4-12H,1-3H3/q+1. The van der Waals surface area contributed by atoms with Gasteiger partial charge in [0.15, 0.2) is 6.20 Å². The molecule has 0 bridgehead atoms. The Morgan fingerprint density at radius 1 is 0.864 bits per heavy atom. The molecule has 0 aliphatic carbocycles. The van der Waals surface area contributed by atoms with Crippen LogP contribution in [0.2, 0.25) is 0 Å². The van der Waals surface area contributed by atoms with Gasteiger partial charge in [-0.2, -0.15) is 0 Å². The number of rotatable bonds is 1. The lowest BCUT2D eigenvalue weighted by Gasteiger charge is -2.06. The van der Waals surface area contributed by atoms with Gasteiger partial charge in [0, 0.05) is 31.8 Å². The third kappa shape index (κ3) is 2.03. The highest BCUT2D eigenvalue weighted by molar-refractivity contribution is 7.25. The first kappa shape index (κ1) is 13.5. The van der Waals surface area contributed by atoms with E-state index >= 15 is 0 Å². The Morgan fingerprint density at radius 3 is 2.50 bits per heavy atom. The molecule has 0 radical (unpaired) electrons. The first-order valence-electron chi connectivity index (χ1n) is 7.52. The lowest BCUT2D eigenvalue weighted by molar-refractivity contribution is -0.660. The summed E-state index contributed by atoms with van der Waals surface area (Å²) in [5, 5.41) is 2.74. The molecule has 2 heterocycles. The van der Waals surface area contributed by atoms with Crippen molar-refractivity contribution in [3.8, 4) is 11.3 Å². The van der Waals surface area contributed by atoms with Crippen molar-refractivity contribution in [3.63, 3.8) is 0 Å². The fourth-order valence-corrected chi connectivity index (χ4v) is 4.31. The van der Waals surface area contributed by atoms with Crippen molar-refractivity contribution in [1.82, 2.24) is 0 Å². The second-order valence-corrected chi connectivity index (χ2v) is 7.05. The predicted molar refractivity (Wildman–Crippen MR) is 95.4 cm³/mol. The second kappa shape index (κ2) is 4.92. The summed E-state index contributed by atoms with van der Waals surface area (Å²) in [4.78, 5) is 0. The summed E-state index contributed by atoms with van der Waals surface area (Å²) >= 11 is 1.88. The van der Waals surface area contributed by atoms with E-state index in [1.807, 2.05) is 11.3 Å². The van der Waals surface area contributed by atoms with Gasteiger partial charge in [-0.15, -0.1) is 11.3 Å². The fraction of sp³-hybridized carbons (Fsp3) is 0.150. The van der Waals surface area contributed by atoms with E-state index in [-0.39, 0.29) is 0 Å². The topological polar surface area (TPSA) is 3.88 Å². The monoisotopic (exact) mass is 304 g/mol. The van der Waals surface area contributed by atoms with Crippen LogP contribution < -0.4 is 4.57 Å². The Labute approximate surface area is 134 Å². The number of aromatic nitrogens is 1. The van der Waals surface area contributed by atoms with Crippen molar-refractivity contribution in [1.29, 1.82) is 0 Å². The molecule has 0 unspecified atom stereocenters. The van der Waals surface area contributed by atoms with Crippen molar-refractivity contribution in [2.24, 2.45) is 7.05 Å². The van der Waals surface area contributed by atoms with Crippen molar-refractivity contribution >= 4 is 31.5 Å². The van der Waals surface area contributed by atoms with E-state index in [9.17, 15) is 0 Å². The minimum Gasteiger partial charge on any atom is -0.201 e. The van der Waals surface area contributed by atoms with Gasteiger partial charge in [-0.25, -0.2) is 4.57 Å². The lowest BCUT2D eigenvalue weighted by atomic mass is 10.0. The second-order valence-electron chi connectivity index (χ2n) is 5.96. The zero-order chi connectivity index (χ0) is 15.3. The zero-order valence-electron chi connectivity index (χ0n) is 13.1. The maximum atomic E-state index is 2.35. The molecule has 2 aromatic heterocycles. The Morgan fingerprint density at radius 2 is 1.68 bits per heavy atom. The lowest BCUT2D eigenvalue weighted by Crippen LogP contribution is -2.31. The molecular weight excluding hydrogens is 286 g/mol. The van der Waals surface area contributed by atoms with Crippen LogP contribution in [-0.2, 0) is 7.05 Å². The van der Waals surface area contributed by atoms with Crippen LogP contribution in [0.1, 0.15) is 11.1 Å². The predicted octanol–water partition coefficient (Wildman–Crippen LogP) is 5.16. The van der Waals surface area contributed by atoms with Crippen LogP contribution >= 0.6 is 11.3 Å². The van der Waals surface area contributed by atoms with Gasteiger partial charge >= 0.3 is 0 Å². The summed E-state index contributed by atoms with van der Waals surface area (Å²) in [6.45, 7) is 4.34. The number of nitrogens with zero attached hydrogens (tertiary/aromatic N) is 1. The van der Waals surface area contributed by atoms with E-state index in [2.05, 4.69) is 80.2 Å². The molecule has 0 spiro atoms. The highest BCUT2D eigenvalue weighted by Crippen LogP contribution is 2.37. The summed E-state index contributed by atoms with van der Waals surface area (Å²) in [6, 6.07) is 17.8. The molecule has 108 valence electrons. The Balaban J connectivity index is 2.02. The number of hydrogen-bond donors (Lipinski definition) is 0. The highest BCUT2D eigenvalue weighted by atomic mass is 32.1. The molecule has 0 fully saturated rings. The van der Waals surface area contributed by atoms with E-state index in [0.717, 1.165) is 0 Å². The number of hydrogen-bond acceptors (Lipinski definition) is 1. The Kier molecular flexibility index (Phi) is 3.02. The molecule has 2 aromatic carbocycles. The van der Waals surface area contributed by atoms with Gasteiger partial charge in [-0.3, -0.25) is 0 Å². The number of benzene rings is 2. The van der Waals surface area contributed by atoms with Crippen molar-refractivity contribution in [2.75, 3.05) is 0 Å². The number of pyridine rings is 1. The van der Waals surface area contributed by atoms with Crippen LogP contribution in [0.15, 0.2) is 54.7 Å². The molecule has 0 N–H and O–H groups in total. The van der Waals surface area contributed by atoms with E-state index in [1.54, 1.807) is 0 Å². The first-order chi connectivity index (χ1) is 10.6. The number of thiophene rings is 1. The third-order valence-electron chi connectivity index (χ3n) is 4.28. The molecule has 0 aliphatic heterocycles. The Bertz CT molecular complexity index is 1010. The van der Waals surface area contributed by atoms with Crippen LogP contribution in [-0.4, -0.2) is 0 Å². The van der Waals surface area contributed by atoms with Gasteiger partial charge in [0.2, 0.25) is 5.69 Å². The van der Waals surface area contributed by atoms with Gasteiger partial charge in [0.25, 0.3) is 0 Å². The van der Waals surface area contributed by atoms with Gasteiger partial charge in [0.05, 0.1) is 5.56 Å². The van der Waals surface area contributed by atoms with Gasteiger partial charge in [-0.1, -0.05) is 18.2 Å². The molecule has 1 nitrogen and oxygen atoms in total. The highest BCUT2D eigenvalue weighted by Gasteiger charge is 2.15. The molecule has 2 heteroatoms. The molecule has 0 saturated heterocycles. The Hall–Kier alpha value is -2.19. The molecule has 4 aromatic rings. The van der Waals surface area contributed by atoms with Crippen molar-refractivity contribution < 1.29 is 4.57 Å². The van der Waals surface area contributed by atoms with Gasteiger partial charge in [-0.05, 0) is 43.7 Å². The van der Waals surface area contributed by atoms with Crippen LogP contribution in [0.25, 0.3) is 31.4 Å². The molecule has 22 heavy (non-hydrogen) atoms. The smallest absolute Gasteiger partial charge is 0.201 e. The van der Waals surface area contributed by atoms with E-state index in [0.29, 0.717) is 0 Å². The van der Waals surface area contributed by atoms with Crippen LogP contribution in [0, 0.1) is 13.8 Å². The molecular formula is C20H18NS+. The normalized spacial score (nSPS) is 11.4. The fourth-order valence-electron chi connectivity index (χ4n) is 3.18. The summed E-state index contributed by atoms with van der Waals surface area (Å²) < 4.78 is 4.95. The number of aryl methyl sites for hydroxylation is 3. The minimum atomic E-state index is 1.27. The number of fused-ring (bicyclic) bond motifs is 3. The molecule has 0 amide bonds. The van der Waals surface area contributed by atoms with Crippen LogP contribution in [0.3, 0.4) is 0 Å². The van der Waals surface area contributed by atoms with E-state index in [4.69, 9.17) is 0 Å². The first-order valence-corrected chi connectivity index (χ1v) is 8.34. The van der Waals surface area contributed by atoms with E-state index < -0.39 is 0 Å². The molecule has 0 aliphatic rings. The van der Waals surface area contributed by atoms with Gasteiger partial charge in [0.1, 0.15) is 7.05 Å². The van der Waals surface area contributed by atoms with Gasteiger partial charge < -0.3 is 0 Å².